The summed E-state index contributed by atoms with van der Waals surface area (Å²) < 4.78 is 18.2. The number of halogens is 1. The van der Waals surface area contributed by atoms with Crippen LogP contribution in [-0.4, -0.2) is 49.2 Å². The van der Waals surface area contributed by atoms with Crippen molar-refractivity contribution in [1.29, 1.82) is 0 Å². The molecule has 0 bridgehead atoms. The summed E-state index contributed by atoms with van der Waals surface area (Å²) in [7, 11) is 1.57. The number of anilines is 1. The molecule has 3 rings (SSSR count). The van der Waals surface area contributed by atoms with Crippen molar-refractivity contribution in [3.8, 4) is 5.75 Å². The standard InChI is InChI=1S/C20H23FN2O3/c1-26-18-9-3-15(4-10-18)19(24)20(25)23-12-2-11-22(13-14-23)17-7-5-16(21)6-8-17/h3-10,19,24H,2,11-14H2,1H3/t19-/m1/s1. The second-order valence-electron chi connectivity index (χ2n) is 6.32. The molecule has 1 saturated heterocycles. The van der Waals surface area contributed by atoms with Crippen molar-refractivity contribution < 1.29 is 19.0 Å². The molecule has 6 heteroatoms. The third kappa shape index (κ3) is 4.14. The van der Waals surface area contributed by atoms with Gasteiger partial charge in [-0.25, -0.2) is 4.39 Å². The van der Waals surface area contributed by atoms with Gasteiger partial charge >= 0.3 is 0 Å². The van der Waals surface area contributed by atoms with E-state index in [0.29, 0.717) is 30.9 Å². The van der Waals surface area contributed by atoms with E-state index in [1.54, 1.807) is 48.4 Å². The Morgan fingerprint density at radius 1 is 1.04 bits per heavy atom. The number of hydrogen-bond acceptors (Lipinski definition) is 4. The second-order valence-corrected chi connectivity index (χ2v) is 6.32. The molecule has 0 saturated carbocycles. The molecular weight excluding hydrogens is 335 g/mol. The largest absolute Gasteiger partial charge is 0.497 e. The zero-order valence-electron chi connectivity index (χ0n) is 14.8. The molecule has 26 heavy (non-hydrogen) atoms. The highest BCUT2D eigenvalue weighted by Crippen LogP contribution is 2.22. The highest BCUT2D eigenvalue weighted by atomic mass is 19.1. The highest BCUT2D eigenvalue weighted by molar-refractivity contribution is 5.82. The summed E-state index contributed by atoms with van der Waals surface area (Å²) in [6, 6.07) is 13.2. The summed E-state index contributed by atoms with van der Waals surface area (Å²) >= 11 is 0. The van der Waals surface area contributed by atoms with Crippen LogP contribution in [0.3, 0.4) is 0 Å². The lowest BCUT2D eigenvalue weighted by molar-refractivity contribution is -0.140. The van der Waals surface area contributed by atoms with Crippen molar-refractivity contribution >= 4 is 11.6 Å². The topological polar surface area (TPSA) is 53.0 Å². The normalized spacial score (nSPS) is 16.1. The van der Waals surface area contributed by atoms with Crippen LogP contribution in [0.25, 0.3) is 0 Å². The quantitative estimate of drug-likeness (QED) is 0.913. The molecule has 1 amide bonds. The molecule has 1 aliphatic heterocycles. The molecule has 0 aliphatic carbocycles. The van der Waals surface area contributed by atoms with Crippen molar-refractivity contribution in [2.24, 2.45) is 0 Å². The highest BCUT2D eigenvalue weighted by Gasteiger charge is 2.26. The minimum atomic E-state index is -1.18. The van der Waals surface area contributed by atoms with E-state index in [4.69, 9.17) is 4.74 Å². The number of carbonyl (C=O) groups is 1. The lowest BCUT2D eigenvalue weighted by Gasteiger charge is -2.25. The third-order valence-corrected chi connectivity index (χ3v) is 4.66. The minimum Gasteiger partial charge on any atom is -0.497 e. The Balaban J connectivity index is 1.63. The van der Waals surface area contributed by atoms with Gasteiger partial charge in [-0.2, -0.15) is 0 Å². The number of methoxy groups -OCH3 is 1. The first-order valence-electron chi connectivity index (χ1n) is 8.70. The molecule has 0 spiro atoms. The lowest BCUT2D eigenvalue weighted by Crippen LogP contribution is -2.38. The molecule has 0 aromatic heterocycles. The number of rotatable bonds is 4. The van der Waals surface area contributed by atoms with Crippen molar-refractivity contribution in [2.75, 3.05) is 38.2 Å². The predicted molar refractivity (Wildman–Crippen MR) is 97.8 cm³/mol. The van der Waals surface area contributed by atoms with E-state index >= 15 is 0 Å². The number of hydrogen-bond donors (Lipinski definition) is 1. The van der Waals surface area contributed by atoms with Crippen LogP contribution in [0.1, 0.15) is 18.1 Å². The first-order chi connectivity index (χ1) is 12.6. The number of ether oxygens (including phenoxy) is 1. The summed E-state index contributed by atoms with van der Waals surface area (Å²) in [6.07, 6.45) is -0.392. The monoisotopic (exact) mass is 358 g/mol. The molecule has 138 valence electrons. The van der Waals surface area contributed by atoms with Crippen LogP contribution in [-0.2, 0) is 4.79 Å². The van der Waals surface area contributed by atoms with Crippen molar-refractivity contribution in [3.05, 3.63) is 59.9 Å². The Hall–Kier alpha value is -2.60. The SMILES string of the molecule is COc1ccc([C@@H](O)C(=O)N2CCCN(c3ccc(F)cc3)CC2)cc1. The summed E-state index contributed by atoms with van der Waals surface area (Å²) in [5.74, 6) is 0.122. The van der Waals surface area contributed by atoms with E-state index in [1.165, 1.54) is 12.1 Å². The van der Waals surface area contributed by atoms with E-state index in [1.807, 2.05) is 0 Å². The fraction of sp³-hybridized carbons (Fsp3) is 0.350. The maximum absolute atomic E-state index is 13.1. The fourth-order valence-corrected chi connectivity index (χ4v) is 3.15. The lowest BCUT2D eigenvalue weighted by atomic mass is 10.1. The van der Waals surface area contributed by atoms with Crippen molar-refractivity contribution in [1.82, 2.24) is 4.90 Å². The van der Waals surface area contributed by atoms with Crippen LogP contribution in [0.2, 0.25) is 0 Å². The van der Waals surface area contributed by atoms with Crippen LogP contribution >= 0.6 is 0 Å². The molecule has 2 aromatic carbocycles. The van der Waals surface area contributed by atoms with E-state index in [-0.39, 0.29) is 11.7 Å². The summed E-state index contributed by atoms with van der Waals surface area (Å²) in [5, 5.41) is 10.4. The molecule has 1 atom stereocenters. The molecular formula is C20H23FN2O3. The van der Waals surface area contributed by atoms with E-state index in [2.05, 4.69) is 4.90 Å². The Morgan fingerprint density at radius 3 is 2.38 bits per heavy atom. The number of amides is 1. The molecule has 2 aromatic rings. The van der Waals surface area contributed by atoms with Gasteiger partial charge in [-0.05, 0) is 48.4 Å². The number of carbonyl (C=O) groups excluding carboxylic acids is 1. The zero-order chi connectivity index (χ0) is 18.5. The maximum Gasteiger partial charge on any atom is 0.256 e. The first kappa shape index (κ1) is 18.2. The van der Waals surface area contributed by atoms with E-state index in [9.17, 15) is 14.3 Å². The van der Waals surface area contributed by atoms with Gasteiger partial charge in [0.1, 0.15) is 11.6 Å². The number of aliphatic hydroxyl groups is 1. The van der Waals surface area contributed by atoms with Gasteiger partial charge in [-0.15, -0.1) is 0 Å². The van der Waals surface area contributed by atoms with Gasteiger partial charge in [-0.1, -0.05) is 12.1 Å². The minimum absolute atomic E-state index is 0.261. The summed E-state index contributed by atoms with van der Waals surface area (Å²) in [5.41, 5.74) is 1.49. The average molecular weight is 358 g/mol. The maximum atomic E-state index is 13.1. The van der Waals surface area contributed by atoms with E-state index in [0.717, 1.165) is 18.7 Å². The van der Waals surface area contributed by atoms with Crippen LogP contribution in [0, 0.1) is 5.82 Å². The predicted octanol–water partition coefficient (Wildman–Crippen LogP) is 2.61. The fourth-order valence-electron chi connectivity index (χ4n) is 3.15. The van der Waals surface area contributed by atoms with Gasteiger partial charge in [0.25, 0.3) is 5.91 Å². The Morgan fingerprint density at radius 2 is 1.73 bits per heavy atom. The Kier molecular flexibility index (Phi) is 5.73. The van der Waals surface area contributed by atoms with Gasteiger partial charge in [-0.3, -0.25) is 4.79 Å². The average Bonchev–Trinajstić information content (AvgIpc) is 2.94. The summed E-state index contributed by atoms with van der Waals surface area (Å²) in [4.78, 5) is 16.5. The summed E-state index contributed by atoms with van der Waals surface area (Å²) in [6.45, 7) is 2.54. The third-order valence-electron chi connectivity index (χ3n) is 4.66. The molecule has 0 radical (unpaired) electrons. The van der Waals surface area contributed by atoms with Gasteiger partial charge in [0, 0.05) is 31.9 Å². The molecule has 0 unspecified atom stereocenters. The van der Waals surface area contributed by atoms with Crippen LogP contribution in [0.5, 0.6) is 5.75 Å². The molecule has 1 aliphatic rings. The van der Waals surface area contributed by atoms with Crippen molar-refractivity contribution in [2.45, 2.75) is 12.5 Å². The molecule has 5 nitrogen and oxygen atoms in total. The smallest absolute Gasteiger partial charge is 0.256 e. The van der Waals surface area contributed by atoms with Crippen molar-refractivity contribution in [3.63, 3.8) is 0 Å². The Labute approximate surface area is 152 Å². The Bertz CT molecular complexity index is 734. The zero-order valence-corrected chi connectivity index (χ0v) is 14.8. The molecule has 1 N–H and O–H groups in total. The van der Waals surface area contributed by atoms with Gasteiger partial charge in [0.2, 0.25) is 0 Å². The number of nitrogens with zero attached hydrogens (tertiary/aromatic N) is 2. The van der Waals surface area contributed by atoms with E-state index < -0.39 is 6.10 Å². The molecule has 1 fully saturated rings. The number of aliphatic hydroxyl groups excluding tert-OH is 1. The molecule has 1 heterocycles. The van der Waals surface area contributed by atoms with Crippen LogP contribution in [0.4, 0.5) is 10.1 Å². The van der Waals surface area contributed by atoms with Gasteiger partial charge in [0.05, 0.1) is 7.11 Å². The van der Waals surface area contributed by atoms with Crippen LogP contribution in [0.15, 0.2) is 48.5 Å². The van der Waals surface area contributed by atoms with Crippen LogP contribution < -0.4 is 9.64 Å². The van der Waals surface area contributed by atoms with Gasteiger partial charge in [0.15, 0.2) is 6.10 Å². The first-order valence-corrected chi connectivity index (χ1v) is 8.70. The van der Waals surface area contributed by atoms with Gasteiger partial charge < -0.3 is 19.6 Å². The second kappa shape index (κ2) is 8.19. The number of benzene rings is 2.